The Balaban J connectivity index is 2.47. The lowest BCUT2D eigenvalue weighted by Gasteiger charge is -2.10. The standard InChI is InChI=1S/C11H14ClNO4/c12-5-11(16)13-8-1-3-10(4-2-8)17-7-9(15)6-14/h1-4,9,14-15H,5-7H2,(H,13,16). The van der Waals surface area contributed by atoms with Crippen molar-refractivity contribution in [2.45, 2.75) is 6.10 Å². The number of halogens is 1. The molecule has 1 atom stereocenters. The third-order valence-electron chi connectivity index (χ3n) is 1.91. The van der Waals surface area contributed by atoms with Crippen LogP contribution in [0.5, 0.6) is 5.75 Å². The zero-order valence-electron chi connectivity index (χ0n) is 9.10. The fourth-order valence-corrected chi connectivity index (χ4v) is 1.14. The van der Waals surface area contributed by atoms with Crippen molar-refractivity contribution < 1.29 is 19.7 Å². The van der Waals surface area contributed by atoms with E-state index in [1.807, 2.05) is 0 Å². The van der Waals surface area contributed by atoms with Gasteiger partial charge in [0.05, 0.1) is 6.61 Å². The number of carbonyl (C=O) groups is 1. The van der Waals surface area contributed by atoms with Gasteiger partial charge in [0, 0.05) is 5.69 Å². The van der Waals surface area contributed by atoms with Gasteiger partial charge < -0.3 is 20.3 Å². The topological polar surface area (TPSA) is 78.8 Å². The molecule has 17 heavy (non-hydrogen) atoms. The second-order valence-corrected chi connectivity index (χ2v) is 3.62. The van der Waals surface area contributed by atoms with Crippen LogP contribution < -0.4 is 10.1 Å². The summed E-state index contributed by atoms with van der Waals surface area (Å²) in [6.45, 7) is -0.326. The minimum Gasteiger partial charge on any atom is -0.491 e. The van der Waals surface area contributed by atoms with E-state index in [-0.39, 0.29) is 25.0 Å². The molecule has 0 saturated heterocycles. The van der Waals surface area contributed by atoms with Gasteiger partial charge in [-0.2, -0.15) is 0 Å². The van der Waals surface area contributed by atoms with Gasteiger partial charge in [0.25, 0.3) is 0 Å². The van der Waals surface area contributed by atoms with Gasteiger partial charge in [0.2, 0.25) is 5.91 Å². The second-order valence-electron chi connectivity index (χ2n) is 3.35. The first-order valence-electron chi connectivity index (χ1n) is 5.03. The molecule has 0 fully saturated rings. The smallest absolute Gasteiger partial charge is 0.239 e. The largest absolute Gasteiger partial charge is 0.491 e. The van der Waals surface area contributed by atoms with Crippen LogP contribution in [-0.4, -0.2) is 41.3 Å². The molecule has 6 heteroatoms. The van der Waals surface area contributed by atoms with E-state index in [0.29, 0.717) is 11.4 Å². The van der Waals surface area contributed by atoms with Gasteiger partial charge in [0.15, 0.2) is 0 Å². The number of nitrogens with one attached hydrogen (secondary N) is 1. The van der Waals surface area contributed by atoms with Crippen LogP contribution in [0.3, 0.4) is 0 Å². The molecule has 0 aliphatic heterocycles. The van der Waals surface area contributed by atoms with Crippen LogP contribution in [0.25, 0.3) is 0 Å². The molecule has 0 heterocycles. The maximum atomic E-state index is 11.0. The number of benzene rings is 1. The third kappa shape index (κ3) is 5.04. The van der Waals surface area contributed by atoms with E-state index in [9.17, 15) is 4.79 Å². The van der Waals surface area contributed by atoms with Crippen LogP contribution in [0.4, 0.5) is 5.69 Å². The summed E-state index contributed by atoms with van der Waals surface area (Å²) in [7, 11) is 0. The maximum absolute atomic E-state index is 11.0. The molecular weight excluding hydrogens is 246 g/mol. The molecule has 0 aliphatic carbocycles. The van der Waals surface area contributed by atoms with E-state index < -0.39 is 6.10 Å². The Kier molecular flexibility index (Phi) is 5.76. The number of aliphatic hydroxyl groups is 2. The molecule has 94 valence electrons. The summed E-state index contributed by atoms with van der Waals surface area (Å²) in [5.74, 6) is 0.165. The van der Waals surface area contributed by atoms with Crippen molar-refractivity contribution in [3.63, 3.8) is 0 Å². The zero-order valence-corrected chi connectivity index (χ0v) is 9.85. The Bertz CT molecular complexity index is 355. The Morgan fingerprint density at radius 2 is 2.06 bits per heavy atom. The molecule has 1 aromatic rings. The number of anilines is 1. The first-order valence-corrected chi connectivity index (χ1v) is 5.56. The van der Waals surface area contributed by atoms with Gasteiger partial charge in [-0.3, -0.25) is 4.79 Å². The molecule has 3 N–H and O–H groups in total. The average molecular weight is 260 g/mol. The van der Waals surface area contributed by atoms with Crippen LogP contribution in [0.2, 0.25) is 0 Å². The SMILES string of the molecule is O=C(CCl)Nc1ccc(OCC(O)CO)cc1. The number of carbonyl (C=O) groups excluding carboxylic acids is 1. The van der Waals surface area contributed by atoms with Crippen molar-refractivity contribution in [3.8, 4) is 5.75 Å². The molecule has 1 rings (SSSR count). The lowest BCUT2D eigenvalue weighted by atomic mass is 10.3. The summed E-state index contributed by atoms with van der Waals surface area (Å²) in [6, 6.07) is 6.61. The first kappa shape index (κ1) is 13.8. The highest BCUT2D eigenvalue weighted by Crippen LogP contribution is 2.15. The minimum atomic E-state index is -0.898. The summed E-state index contributed by atoms with van der Waals surface area (Å²) < 4.78 is 5.20. The third-order valence-corrected chi connectivity index (χ3v) is 2.16. The Morgan fingerprint density at radius 1 is 1.41 bits per heavy atom. The van der Waals surface area contributed by atoms with Crippen LogP contribution in [0.1, 0.15) is 0 Å². The van der Waals surface area contributed by atoms with E-state index in [4.69, 9.17) is 26.6 Å². The molecule has 0 bridgehead atoms. The highest BCUT2D eigenvalue weighted by atomic mass is 35.5. The van der Waals surface area contributed by atoms with Crippen LogP contribution >= 0.6 is 11.6 Å². The number of hydrogen-bond acceptors (Lipinski definition) is 4. The van der Waals surface area contributed by atoms with E-state index in [0.717, 1.165) is 0 Å². The van der Waals surface area contributed by atoms with Crippen molar-refractivity contribution in [2.75, 3.05) is 24.4 Å². The first-order chi connectivity index (χ1) is 8.15. The Morgan fingerprint density at radius 3 is 2.59 bits per heavy atom. The fraction of sp³-hybridized carbons (Fsp3) is 0.364. The zero-order chi connectivity index (χ0) is 12.7. The lowest BCUT2D eigenvalue weighted by Crippen LogP contribution is -2.21. The summed E-state index contributed by atoms with van der Waals surface area (Å²) >= 11 is 5.35. The highest BCUT2D eigenvalue weighted by Gasteiger charge is 2.03. The van der Waals surface area contributed by atoms with Crippen LogP contribution in [0, 0.1) is 0 Å². The summed E-state index contributed by atoms with van der Waals surface area (Å²) in [5.41, 5.74) is 0.616. The predicted molar refractivity (Wildman–Crippen MR) is 64.4 cm³/mol. The van der Waals surface area contributed by atoms with E-state index in [1.165, 1.54) is 0 Å². The molecule has 0 aromatic heterocycles. The molecule has 5 nitrogen and oxygen atoms in total. The van der Waals surface area contributed by atoms with Crippen molar-refractivity contribution in [3.05, 3.63) is 24.3 Å². The highest BCUT2D eigenvalue weighted by molar-refractivity contribution is 6.29. The number of ether oxygens (including phenoxy) is 1. The van der Waals surface area contributed by atoms with Crippen LogP contribution in [0.15, 0.2) is 24.3 Å². The summed E-state index contributed by atoms with van der Waals surface area (Å²) in [5, 5.41) is 20.3. The van der Waals surface area contributed by atoms with Crippen molar-refractivity contribution in [1.29, 1.82) is 0 Å². The van der Waals surface area contributed by atoms with Crippen molar-refractivity contribution in [2.24, 2.45) is 0 Å². The monoisotopic (exact) mass is 259 g/mol. The number of alkyl halides is 1. The van der Waals surface area contributed by atoms with Gasteiger partial charge in [-0.15, -0.1) is 11.6 Å². The van der Waals surface area contributed by atoms with Gasteiger partial charge in [-0.1, -0.05) is 0 Å². The number of rotatable bonds is 6. The minimum absolute atomic E-state index is 0.0177. The van der Waals surface area contributed by atoms with Crippen molar-refractivity contribution >= 4 is 23.2 Å². The van der Waals surface area contributed by atoms with Gasteiger partial charge in [0.1, 0.15) is 24.3 Å². The average Bonchev–Trinajstić information content (AvgIpc) is 2.37. The van der Waals surface area contributed by atoms with E-state index in [2.05, 4.69) is 5.32 Å². The van der Waals surface area contributed by atoms with Gasteiger partial charge >= 0.3 is 0 Å². The van der Waals surface area contributed by atoms with E-state index >= 15 is 0 Å². The summed E-state index contributed by atoms with van der Waals surface area (Å²) in [4.78, 5) is 11.0. The number of amides is 1. The van der Waals surface area contributed by atoms with Crippen LogP contribution in [-0.2, 0) is 4.79 Å². The summed E-state index contributed by atoms with van der Waals surface area (Å²) in [6.07, 6.45) is -0.898. The molecule has 1 unspecified atom stereocenters. The number of aliphatic hydroxyl groups excluding tert-OH is 2. The van der Waals surface area contributed by atoms with E-state index in [1.54, 1.807) is 24.3 Å². The molecule has 0 aliphatic rings. The molecule has 0 spiro atoms. The predicted octanol–water partition coefficient (Wildman–Crippen LogP) is 0.596. The Labute approximate surface area is 104 Å². The second kappa shape index (κ2) is 7.11. The normalized spacial score (nSPS) is 11.9. The maximum Gasteiger partial charge on any atom is 0.239 e. The Hall–Kier alpha value is -1.30. The van der Waals surface area contributed by atoms with Gasteiger partial charge in [-0.05, 0) is 24.3 Å². The molecule has 0 saturated carbocycles. The molecule has 1 amide bonds. The molecular formula is C11H14ClNO4. The van der Waals surface area contributed by atoms with Crippen molar-refractivity contribution in [1.82, 2.24) is 0 Å². The lowest BCUT2D eigenvalue weighted by molar-refractivity contribution is -0.113. The molecule has 1 aromatic carbocycles. The fourth-order valence-electron chi connectivity index (χ4n) is 1.07. The van der Waals surface area contributed by atoms with Gasteiger partial charge in [-0.25, -0.2) is 0 Å². The quantitative estimate of drug-likeness (QED) is 0.654. The number of hydrogen-bond donors (Lipinski definition) is 3. The molecule has 0 radical (unpaired) electrons.